The van der Waals surface area contributed by atoms with Gasteiger partial charge < -0.3 is 40.7 Å². The van der Waals surface area contributed by atoms with Gasteiger partial charge in [0.15, 0.2) is 28.8 Å². The first-order chi connectivity index (χ1) is 45.3. The standard InChI is InChI=1S/C35H36ClNO3S.C27H25N5O4.C14H18N2O.H3N/c1-34(2,40)30-9-4-3-7-25(30)13-17-32(41-23-35(18-19-35)22-33(38)39)27-8-5-6-24(20-27)10-15-29-16-12-26-11-14-28(36)21-31(26)37-29;33-23-17-24(26-29-31-32-30-26)36-25-21(23)10-6-11-22(25)28-27(34)19-12-14-20(15-13-19)35-16-5-4-9-18-7-2-1-3-8-18;1-9(2)13-12(14(17)10(3)4)11-7-5-6-8-16(11)15-13;/h3-12,14-16,20-21,32,40H,13,17-19,22-23H2,1-2H3,(H,38,39);1-3,6-8,10-15,17,27-28,34H,4-5,9,16H2,(H,29,30,31,32);5-10H,1-4H3;1H3/b15-10+;;;/t32-;;;/m0.../s1. The van der Waals surface area contributed by atoms with Crippen molar-refractivity contribution < 1.29 is 34.1 Å². The number of aliphatic hydroxyl groups is 2. The molecule has 0 radical (unpaired) electrons. The van der Waals surface area contributed by atoms with Gasteiger partial charge in [-0.05, 0) is 176 Å². The molecule has 12 rings (SSSR count). The third kappa shape index (κ3) is 18.8. The number of aromatic amines is 1. The summed E-state index contributed by atoms with van der Waals surface area (Å²) in [5.41, 5.74) is 10.1. The van der Waals surface area contributed by atoms with E-state index in [2.05, 4.69) is 106 Å². The normalized spacial score (nSPS) is 13.2. The Balaban J connectivity index is 0.000000179. The van der Waals surface area contributed by atoms with Crippen LogP contribution in [0.15, 0.2) is 191 Å². The van der Waals surface area contributed by atoms with Crippen LogP contribution in [0.1, 0.15) is 153 Å². The third-order valence-corrected chi connectivity index (χ3v) is 18.4. The fourth-order valence-electron chi connectivity index (χ4n) is 11.2. The number of ether oxygens (including phenoxy) is 1. The Morgan fingerprint density at radius 1 is 0.842 bits per heavy atom. The van der Waals surface area contributed by atoms with Crippen molar-refractivity contribution in [3.05, 3.63) is 248 Å². The number of aliphatic hydroxyl groups excluding tert-OH is 1. The highest BCUT2D eigenvalue weighted by atomic mass is 35.5. The number of aromatic nitrogens is 7. The van der Waals surface area contributed by atoms with Crippen molar-refractivity contribution in [2.24, 2.45) is 11.3 Å². The van der Waals surface area contributed by atoms with Gasteiger partial charge in [0.2, 0.25) is 5.82 Å². The maximum absolute atomic E-state index is 12.6. The number of benzene rings is 6. The summed E-state index contributed by atoms with van der Waals surface area (Å²) in [5, 5.41) is 56.2. The van der Waals surface area contributed by atoms with Crippen molar-refractivity contribution in [3.63, 3.8) is 0 Å². The molecule has 1 unspecified atom stereocenters. The molecule has 5 aromatic heterocycles. The summed E-state index contributed by atoms with van der Waals surface area (Å²) < 4.78 is 13.5. The van der Waals surface area contributed by atoms with Crippen molar-refractivity contribution in [1.29, 1.82) is 0 Å². The molecule has 1 saturated carbocycles. The molecule has 2 atom stereocenters. The van der Waals surface area contributed by atoms with Crippen molar-refractivity contribution in [2.75, 3.05) is 17.7 Å². The topological polar surface area (TPSA) is 270 Å². The second kappa shape index (κ2) is 32.2. The minimum Gasteiger partial charge on any atom is -0.550 e. The van der Waals surface area contributed by atoms with Crippen molar-refractivity contribution >= 4 is 80.3 Å². The second-order valence-electron chi connectivity index (χ2n) is 24.9. The number of anilines is 1. The minimum atomic E-state index is -1.03. The van der Waals surface area contributed by atoms with E-state index in [0.717, 1.165) is 107 Å². The van der Waals surface area contributed by atoms with Crippen LogP contribution >= 0.6 is 23.4 Å². The first-order valence-electron chi connectivity index (χ1n) is 31.8. The molecule has 1 fully saturated rings. The van der Waals surface area contributed by atoms with E-state index in [1.807, 2.05) is 137 Å². The number of carboxylic acid groups (broad SMARTS) is 1. The molecule has 0 aliphatic heterocycles. The average Bonchev–Trinajstić information content (AvgIpc) is 1.40. The number of hydrogen-bond donors (Lipinski definition) is 5. The molecule has 0 bridgehead atoms. The number of halogens is 1. The molecule has 0 spiro atoms. The first-order valence-corrected chi connectivity index (χ1v) is 33.2. The summed E-state index contributed by atoms with van der Waals surface area (Å²) in [6, 6.07) is 56.3. The number of quaternary nitrogens is 1. The Labute approximate surface area is 562 Å². The van der Waals surface area contributed by atoms with E-state index in [1.54, 1.807) is 34.8 Å². The largest absolute Gasteiger partial charge is 0.550 e. The fourth-order valence-corrected chi connectivity index (χ4v) is 13.0. The van der Waals surface area contributed by atoms with Gasteiger partial charge in [-0.3, -0.25) is 9.59 Å². The lowest BCUT2D eigenvalue weighted by Crippen LogP contribution is -2.26. The number of unbranched alkanes of at least 4 members (excludes halogenated alkanes) is 1. The first kappa shape index (κ1) is 70.0. The highest BCUT2D eigenvalue weighted by Crippen LogP contribution is 2.53. The number of nitrogens with one attached hydrogen (secondary N) is 2. The molecule has 11 aromatic rings. The molecule has 95 heavy (non-hydrogen) atoms. The van der Waals surface area contributed by atoms with E-state index in [9.17, 15) is 29.7 Å². The Kier molecular flexibility index (Phi) is 23.8. The molecule has 1 aliphatic rings. The number of fused-ring (bicyclic) bond motifs is 3. The van der Waals surface area contributed by atoms with Crippen LogP contribution in [0.2, 0.25) is 5.02 Å². The number of carbonyl (C=O) groups excluding carboxylic acids is 2. The minimum absolute atomic E-state index is 0. The Morgan fingerprint density at radius 2 is 1.59 bits per heavy atom. The number of aliphatic carboxylic acids is 1. The van der Waals surface area contributed by atoms with Crippen LogP contribution in [0.4, 0.5) is 5.69 Å². The van der Waals surface area contributed by atoms with Gasteiger partial charge in [0.25, 0.3) is 0 Å². The van der Waals surface area contributed by atoms with Crippen LogP contribution in [0, 0.1) is 11.3 Å². The van der Waals surface area contributed by atoms with E-state index in [4.69, 9.17) is 25.7 Å². The van der Waals surface area contributed by atoms with Crippen LogP contribution in [-0.4, -0.2) is 69.5 Å². The van der Waals surface area contributed by atoms with Gasteiger partial charge in [-0.15, -0.1) is 10.2 Å². The molecule has 19 heteroatoms. The monoisotopic (exact) mass is 1320 g/mol. The summed E-state index contributed by atoms with van der Waals surface area (Å²) in [7, 11) is 0. The highest BCUT2D eigenvalue weighted by Gasteiger charge is 2.43. The van der Waals surface area contributed by atoms with E-state index in [0.29, 0.717) is 33.8 Å². The van der Waals surface area contributed by atoms with Crippen molar-refractivity contribution in [3.8, 4) is 17.3 Å². The lowest BCUT2D eigenvalue weighted by molar-refractivity contribution is -0.307. The quantitative estimate of drug-likeness (QED) is 0.0202. The van der Waals surface area contributed by atoms with Crippen LogP contribution in [0.5, 0.6) is 5.75 Å². The zero-order chi connectivity index (χ0) is 66.4. The molecule has 0 saturated heterocycles. The van der Waals surface area contributed by atoms with Gasteiger partial charge in [-0.2, -0.15) is 22.1 Å². The van der Waals surface area contributed by atoms with Crippen LogP contribution < -0.4 is 26.7 Å². The number of H-pyrrole nitrogens is 1. The summed E-state index contributed by atoms with van der Waals surface area (Å²) in [6.07, 6.45) is 11.7. The van der Waals surface area contributed by atoms with Crippen LogP contribution in [0.3, 0.4) is 0 Å². The number of hydrogen-bond acceptors (Lipinski definition) is 15. The van der Waals surface area contributed by atoms with E-state index in [1.165, 1.54) is 17.2 Å². The highest BCUT2D eigenvalue weighted by molar-refractivity contribution is 7.99. The number of para-hydroxylation sites is 1. The SMILES string of the molecule is CC(C)(O)c1ccccc1CC[C@H](SCC1(CC(=O)[O-])CC1)c1cccc(/C=C/c2ccc3ccc(Cl)cc3n2)c1.CC(C)C(=O)c1c(C(C)C)nn2ccccc12.O=c1cc(-c2nn[nH]n2)oc2c(NC(O)c3ccc(OCCCCc4ccccc4)cc3)cccc12.[NH4+]. The molecule has 6 aromatic carbocycles. The van der Waals surface area contributed by atoms with E-state index in [-0.39, 0.29) is 57.9 Å². The number of carbonyl (C=O) groups is 2. The maximum atomic E-state index is 12.6. The van der Waals surface area contributed by atoms with Gasteiger partial charge in [-0.25, -0.2) is 9.50 Å². The summed E-state index contributed by atoms with van der Waals surface area (Å²) >= 11 is 8.01. The van der Waals surface area contributed by atoms with Gasteiger partial charge in [0, 0.05) is 45.4 Å². The van der Waals surface area contributed by atoms with Gasteiger partial charge in [0.05, 0.1) is 51.3 Å². The summed E-state index contributed by atoms with van der Waals surface area (Å²) in [4.78, 5) is 41.0. The van der Waals surface area contributed by atoms with Gasteiger partial charge >= 0.3 is 0 Å². The zero-order valence-corrected chi connectivity index (χ0v) is 56.2. The number of ketones is 1. The van der Waals surface area contributed by atoms with E-state index < -0.39 is 17.8 Å². The predicted octanol–water partition coefficient (Wildman–Crippen LogP) is 15.8. The number of pyridine rings is 2. The second-order valence-corrected chi connectivity index (χ2v) is 26.6. The van der Waals surface area contributed by atoms with Crippen LogP contribution in [0.25, 0.3) is 51.1 Å². The number of aryl methyl sites for hydroxylation is 2. The van der Waals surface area contributed by atoms with Gasteiger partial charge in [-0.1, -0.05) is 161 Å². The number of tetrazole rings is 1. The number of rotatable bonds is 25. The number of nitrogens with zero attached hydrogens (tertiary/aromatic N) is 6. The van der Waals surface area contributed by atoms with Crippen molar-refractivity contribution in [2.45, 2.75) is 116 Å². The molecule has 492 valence electrons. The third-order valence-electron chi connectivity index (χ3n) is 16.5. The zero-order valence-electron chi connectivity index (χ0n) is 54.7. The Morgan fingerprint density at radius 3 is 2.32 bits per heavy atom. The lowest BCUT2D eigenvalue weighted by atomic mass is 9.90. The summed E-state index contributed by atoms with van der Waals surface area (Å²) in [6.45, 7) is 12.3. The Hall–Kier alpha value is -9.30. The molecule has 17 nitrogen and oxygen atoms in total. The fraction of sp³-hybridized carbons (Fsp3) is 0.289. The molecule has 1 aliphatic carbocycles. The smallest absolute Gasteiger partial charge is 0.239 e. The van der Waals surface area contributed by atoms with Gasteiger partial charge in [0.1, 0.15) is 5.75 Å². The molecular formula is C76H82ClN9O8S. The number of thioether (sulfide) groups is 1. The number of Topliss-reactive ketones (excluding diaryl/α,β-unsaturated/α-hetero) is 1. The molecule has 0 amide bonds. The number of carboxylic acids is 1. The summed E-state index contributed by atoms with van der Waals surface area (Å²) in [5.74, 6) is 1.35. The van der Waals surface area contributed by atoms with Crippen LogP contribution in [-0.2, 0) is 23.2 Å². The lowest BCUT2D eigenvalue weighted by Gasteiger charge is -2.24. The average molecular weight is 1320 g/mol. The Bertz CT molecular complexity index is 4450. The van der Waals surface area contributed by atoms with E-state index >= 15 is 0 Å². The molecular weight excluding hydrogens is 1230 g/mol. The molecule has 8 N–H and O–H groups in total. The predicted molar refractivity (Wildman–Crippen MR) is 379 cm³/mol. The van der Waals surface area contributed by atoms with Crippen molar-refractivity contribution in [1.82, 2.24) is 41.4 Å². The molecule has 5 heterocycles. The maximum Gasteiger partial charge on any atom is 0.239 e.